The largest absolute Gasteiger partial charge is 0.481 e. The molecule has 9 nitrogen and oxygen atoms in total. The highest BCUT2D eigenvalue weighted by atomic mass is 16.7. The van der Waals surface area contributed by atoms with Crippen molar-refractivity contribution < 1.29 is 29.3 Å². The van der Waals surface area contributed by atoms with Gasteiger partial charge < -0.3 is 25.0 Å². The Morgan fingerprint density at radius 3 is 2.08 bits per heavy atom. The number of aliphatic hydroxyl groups is 1. The third kappa shape index (κ3) is 11.8. The highest BCUT2D eigenvalue weighted by Gasteiger charge is 2.34. The summed E-state index contributed by atoms with van der Waals surface area (Å²) in [7, 11) is 0. The average Bonchev–Trinajstić information content (AvgIpc) is 3.19. The first-order chi connectivity index (χ1) is 25.9. The summed E-state index contributed by atoms with van der Waals surface area (Å²) >= 11 is 0. The molecule has 2 aliphatic rings. The second kappa shape index (κ2) is 19.6. The molecule has 0 saturated carbocycles. The topological polar surface area (TPSA) is 112 Å². The molecule has 2 saturated heterocycles. The molecule has 0 spiro atoms. The van der Waals surface area contributed by atoms with Gasteiger partial charge in [0.05, 0.1) is 18.8 Å². The van der Waals surface area contributed by atoms with Crippen molar-refractivity contribution in [2.24, 2.45) is 0 Å². The van der Waals surface area contributed by atoms with Gasteiger partial charge in [-0.25, -0.2) is 0 Å². The number of hydrogen-bond donors (Lipinski definition) is 3. The van der Waals surface area contributed by atoms with Crippen LogP contribution in [0.2, 0.25) is 0 Å². The Hall–Kier alpha value is -4.38. The fraction of sp³-hybridized carbons (Fsp3) is 0.409. The molecule has 2 heterocycles. The normalized spacial score (nSPS) is 19.5. The molecule has 4 aromatic carbocycles. The molecule has 3 N–H and O–H groups in total. The summed E-state index contributed by atoms with van der Waals surface area (Å²) in [6, 6.07) is 35.3. The number of carbonyl (C=O) groups is 2. The van der Waals surface area contributed by atoms with Gasteiger partial charge in [-0.15, -0.1) is 0 Å². The monoisotopic (exact) mass is 719 g/mol. The lowest BCUT2D eigenvalue weighted by atomic mass is 9.98. The molecule has 0 unspecified atom stereocenters. The summed E-state index contributed by atoms with van der Waals surface area (Å²) in [5, 5.41) is 21.4. The van der Waals surface area contributed by atoms with Crippen LogP contribution in [-0.4, -0.2) is 70.7 Å². The molecule has 2 aliphatic heterocycles. The van der Waals surface area contributed by atoms with Crippen LogP contribution >= 0.6 is 0 Å². The van der Waals surface area contributed by atoms with Crippen LogP contribution in [0.5, 0.6) is 0 Å². The van der Waals surface area contributed by atoms with Crippen molar-refractivity contribution in [3.8, 4) is 11.1 Å². The second-order valence-electron chi connectivity index (χ2n) is 14.3. The number of carboxylic acids is 1. The van der Waals surface area contributed by atoms with Gasteiger partial charge >= 0.3 is 5.97 Å². The van der Waals surface area contributed by atoms with E-state index in [9.17, 15) is 14.7 Å². The first-order valence-electron chi connectivity index (χ1n) is 19.1. The lowest BCUT2D eigenvalue weighted by Gasteiger charge is -2.40. The predicted molar refractivity (Wildman–Crippen MR) is 206 cm³/mol. The number of nitrogens with zero attached hydrogens (tertiary/aromatic N) is 2. The number of rotatable bonds is 17. The molecule has 0 aromatic heterocycles. The smallest absolute Gasteiger partial charge is 0.303 e. The van der Waals surface area contributed by atoms with Gasteiger partial charge in [0.2, 0.25) is 5.91 Å². The van der Waals surface area contributed by atoms with E-state index in [-0.39, 0.29) is 31.1 Å². The summed E-state index contributed by atoms with van der Waals surface area (Å²) in [6.45, 7) is 6.35. The van der Waals surface area contributed by atoms with E-state index < -0.39 is 12.3 Å². The Morgan fingerprint density at radius 1 is 0.679 bits per heavy atom. The molecule has 0 bridgehead atoms. The number of ether oxygens (including phenoxy) is 2. The zero-order valence-corrected chi connectivity index (χ0v) is 30.6. The summed E-state index contributed by atoms with van der Waals surface area (Å²) < 4.78 is 13.3. The van der Waals surface area contributed by atoms with E-state index >= 15 is 0 Å². The van der Waals surface area contributed by atoms with Crippen LogP contribution in [0.25, 0.3) is 11.1 Å². The van der Waals surface area contributed by atoms with Crippen LogP contribution < -0.4 is 5.32 Å². The molecule has 6 rings (SSSR count). The number of piperazine rings is 1. The maximum absolute atomic E-state index is 12.4. The van der Waals surface area contributed by atoms with E-state index in [0.29, 0.717) is 19.4 Å². The first-order valence-corrected chi connectivity index (χ1v) is 19.1. The number of hydrogen-bond acceptors (Lipinski definition) is 7. The van der Waals surface area contributed by atoms with Gasteiger partial charge in [0, 0.05) is 70.6 Å². The van der Waals surface area contributed by atoms with Crippen molar-refractivity contribution in [3.05, 3.63) is 131 Å². The Labute approximate surface area is 313 Å². The molecule has 3 atom stereocenters. The Morgan fingerprint density at radius 2 is 1.36 bits per heavy atom. The van der Waals surface area contributed by atoms with Crippen molar-refractivity contribution in [2.75, 3.05) is 32.7 Å². The van der Waals surface area contributed by atoms with E-state index in [1.807, 2.05) is 24.3 Å². The minimum Gasteiger partial charge on any atom is -0.481 e. The average molecular weight is 720 g/mol. The molecule has 0 radical (unpaired) electrons. The van der Waals surface area contributed by atoms with Gasteiger partial charge in [-0.1, -0.05) is 110 Å². The maximum atomic E-state index is 12.4. The van der Waals surface area contributed by atoms with Gasteiger partial charge in [-0.2, -0.15) is 0 Å². The third-order valence-electron chi connectivity index (χ3n) is 10.3. The van der Waals surface area contributed by atoms with Gasteiger partial charge in [0.1, 0.15) is 0 Å². The van der Waals surface area contributed by atoms with Crippen molar-refractivity contribution in [3.63, 3.8) is 0 Å². The van der Waals surface area contributed by atoms with Gasteiger partial charge in [0.15, 0.2) is 6.29 Å². The number of amides is 1. The minimum atomic E-state index is -0.770. The quantitative estimate of drug-likeness (QED) is 0.0980. The highest BCUT2D eigenvalue weighted by Crippen LogP contribution is 2.39. The number of benzene rings is 4. The standard InChI is InChI=1S/C44H53N3O6/c48-32-34-15-17-37(18-16-34)41-28-40(31-47-25-23-46(24-26-47)30-33-9-4-3-5-10-33)52-44(53-41)38-21-19-36(20-22-38)39-12-8-11-35(27-39)29-45-42(49)13-6-1-2-7-14-43(50)51/h3-5,8-12,15-22,27,40-41,44,48H,1-2,6-7,13-14,23-26,28-32H2,(H,45,49)(H,50,51)/t40-,41+,44+/m1/s1. The number of aliphatic carboxylic acids is 1. The van der Waals surface area contributed by atoms with Crippen molar-refractivity contribution in [2.45, 2.75) is 83.1 Å². The van der Waals surface area contributed by atoms with Gasteiger partial charge in [-0.3, -0.25) is 19.4 Å². The zero-order valence-electron chi connectivity index (χ0n) is 30.6. The van der Waals surface area contributed by atoms with E-state index in [1.54, 1.807) is 0 Å². The van der Waals surface area contributed by atoms with Crippen molar-refractivity contribution in [1.82, 2.24) is 15.1 Å². The fourth-order valence-electron chi connectivity index (χ4n) is 7.19. The summed E-state index contributed by atoms with van der Waals surface area (Å²) in [6.07, 6.45) is 3.84. The molecule has 9 heteroatoms. The Bertz CT molecular complexity index is 1720. The predicted octanol–water partition coefficient (Wildman–Crippen LogP) is 7.25. The van der Waals surface area contributed by atoms with Crippen LogP contribution in [0.3, 0.4) is 0 Å². The number of aliphatic hydroxyl groups excluding tert-OH is 1. The van der Waals surface area contributed by atoms with Crippen LogP contribution in [-0.2, 0) is 38.8 Å². The van der Waals surface area contributed by atoms with Gasteiger partial charge in [0.25, 0.3) is 0 Å². The fourth-order valence-corrected chi connectivity index (χ4v) is 7.19. The van der Waals surface area contributed by atoms with Crippen molar-refractivity contribution in [1.29, 1.82) is 0 Å². The summed E-state index contributed by atoms with van der Waals surface area (Å²) in [4.78, 5) is 28.1. The van der Waals surface area contributed by atoms with Crippen LogP contribution in [0.1, 0.15) is 85.2 Å². The van der Waals surface area contributed by atoms with Gasteiger partial charge in [-0.05, 0) is 52.3 Å². The molecule has 4 aromatic rings. The number of carbonyl (C=O) groups excluding carboxylic acids is 1. The van der Waals surface area contributed by atoms with E-state index in [1.165, 1.54) is 5.56 Å². The zero-order chi connectivity index (χ0) is 36.8. The minimum absolute atomic E-state index is 0.000412. The lowest BCUT2D eigenvalue weighted by molar-refractivity contribution is -0.253. The molecule has 53 heavy (non-hydrogen) atoms. The molecule has 280 valence electrons. The molecule has 1 amide bonds. The SMILES string of the molecule is O=C(O)CCCCCCC(=O)NCc1cccc(-c2ccc([C@H]3O[C@@H](CN4CCN(Cc5ccccc5)CC4)C[C@@H](c4ccc(CO)cc4)O3)cc2)c1. The van der Waals surface area contributed by atoms with Crippen LogP contribution in [0.15, 0.2) is 103 Å². The lowest BCUT2D eigenvalue weighted by Crippen LogP contribution is -2.49. The summed E-state index contributed by atoms with van der Waals surface area (Å²) in [5.74, 6) is -0.759. The highest BCUT2D eigenvalue weighted by molar-refractivity contribution is 5.76. The van der Waals surface area contributed by atoms with E-state index in [4.69, 9.17) is 14.6 Å². The molecular formula is C44H53N3O6. The third-order valence-corrected chi connectivity index (χ3v) is 10.3. The van der Waals surface area contributed by atoms with E-state index in [2.05, 4.69) is 94.0 Å². The van der Waals surface area contributed by atoms with E-state index in [0.717, 1.165) is 98.3 Å². The maximum Gasteiger partial charge on any atom is 0.303 e. The number of carboxylic acid groups (broad SMARTS) is 1. The Kier molecular flexibility index (Phi) is 14.2. The van der Waals surface area contributed by atoms with Crippen LogP contribution in [0, 0.1) is 0 Å². The summed E-state index contributed by atoms with van der Waals surface area (Å²) in [5.41, 5.74) is 7.45. The molecule has 2 fully saturated rings. The first kappa shape index (κ1) is 38.3. The number of nitrogens with one attached hydrogen (secondary N) is 1. The van der Waals surface area contributed by atoms with Crippen LogP contribution in [0.4, 0.5) is 0 Å². The number of unbranched alkanes of at least 4 members (excludes halogenated alkanes) is 3. The van der Waals surface area contributed by atoms with Crippen molar-refractivity contribution >= 4 is 11.9 Å². The molecule has 0 aliphatic carbocycles. The Balaban J connectivity index is 1.05. The second-order valence-corrected chi connectivity index (χ2v) is 14.3. The molecular weight excluding hydrogens is 666 g/mol.